The highest BCUT2D eigenvalue weighted by atomic mass is 79.9. The van der Waals surface area contributed by atoms with Crippen LogP contribution in [0.4, 0.5) is 11.4 Å². The van der Waals surface area contributed by atoms with E-state index in [4.69, 9.17) is 10.5 Å². The maximum atomic E-state index is 12.6. The van der Waals surface area contributed by atoms with Gasteiger partial charge in [0.2, 0.25) is 0 Å². The van der Waals surface area contributed by atoms with Crippen LogP contribution >= 0.6 is 15.9 Å². The third-order valence-electron chi connectivity index (χ3n) is 4.88. The number of halogens is 1. The molecule has 5 N–H and O–H groups in total. The van der Waals surface area contributed by atoms with Gasteiger partial charge in [-0.1, -0.05) is 0 Å². The topological polar surface area (TPSA) is 108 Å². The Labute approximate surface area is 160 Å². The molecule has 4 rings (SSSR count). The largest absolute Gasteiger partial charge is 0.368 e. The number of carbonyl (C=O) groups excluding carboxylic acids is 1. The third kappa shape index (κ3) is 3.44. The average Bonchev–Trinajstić information content (AvgIpc) is 3.05. The highest BCUT2D eigenvalue weighted by molar-refractivity contribution is 9.10. The first kappa shape index (κ1) is 17.7. The Balaban J connectivity index is 1.67. The summed E-state index contributed by atoms with van der Waals surface area (Å²) in [4.78, 5) is 22.4. The van der Waals surface area contributed by atoms with Crippen molar-refractivity contribution in [1.82, 2.24) is 15.3 Å². The smallest absolute Gasteiger partial charge is 0.254 e. The van der Waals surface area contributed by atoms with Gasteiger partial charge in [0.15, 0.2) is 0 Å². The van der Waals surface area contributed by atoms with Crippen molar-refractivity contribution < 1.29 is 9.53 Å². The molecule has 26 heavy (non-hydrogen) atoms. The summed E-state index contributed by atoms with van der Waals surface area (Å²) in [6, 6.07) is 0.151. The van der Waals surface area contributed by atoms with E-state index >= 15 is 0 Å². The Bertz CT molecular complexity index is 804. The van der Waals surface area contributed by atoms with Gasteiger partial charge in [-0.25, -0.2) is 4.98 Å². The lowest BCUT2D eigenvalue weighted by Crippen LogP contribution is -2.45. The standard InChI is InChI=1S/C17H23BrN6O2/c18-11-6-21-16-14(15(11)24-4-1-2-10(19)9-24)12(7-22-16)23-17(25)13-8-20-3-5-26-13/h6-7,10,13,20H,1-5,8-9,19H2,(H,21,22)(H,23,25). The van der Waals surface area contributed by atoms with E-state index < -0.39 is 6.10 Å². The number of fused-ring (bicyclic) bond motifs is 1. The highest BCUT2D eigenvalue weighted by Crippen LogP contribution is 2.38. The fourth-order valence-electron chi connectivity index (χ4n) is 3.62. The van der Waals surface area contributed by atoms with Crippen molar-refractivity contribution >= 4 is 44.2 Å². The number of piperidine rings is 1. The normalized spacial score (nSPS) is 24.0. The number of nitrogens with two attached hydrogens (primary N) is 1. The van der Waals surface area contributed by atoms with Gasteiger partial charge in [-0.3, -0.25) is 4.79 Å². The lowest BCUT2D eigenvalue weighted by molar-refractivity contribution is -0.128. The molecule has 140 valence electrons. The zero-order valence-corrected chi connectivity index (χ0v) is 16.0. The molecule has 0 radical (unpaired) electrons. The molecule has 2 aromatic rings. The minimum Gasteiger partial charge on any atom is -0.368 e. The van der Waals surface area contributed by atoms with E-state index in [0.717, 1.165) is 53.7 Å². The minimum absolute atomic E-state index is 0.151. The number of carbonyl (C=O) groups is 1. The minimum atomic E-state index is -0.485. The van der Waals surface area contributed by atoms with Gasteiger partial charge in [0, 0.05) is 44.6 Å². The molecule has 9 heteroatoms. The molecule has 0 aliphatic carbocycles. The molecule has 2 atom stereocenters. The van der Waals surface area contributed by atoms with Gasteiger partial charge in [-0.2, -0.15) is 0 Å². The first-order valence-corrected chi connectivity index (χ1v) is 9.72. The second kappa shape index (κ2) is 7.51. The van der Waals surface area contributed by atoms with E-state index in [0.29, 0.717) is 18.8 Å². The molecule has 2 unspecified atom stereocenters. The average molecular weight is 423 g/mol. The van der Waals surface area contributed by atoms with Crippen molar-refractivity contribution in [1.29, 1.82) is 0 Å². The molecule has 2 aliphatic rings. The van der Waals surface area contributed by atoms with Crippen molar-refractivity contribution in [2.75, 3.05) is 43.0 Å². The van der Waals surface area contributed by atoms with Crippen molar-refractivity contribution in [2.24, 2.45) is 5.73 Å². The van der Waals surface area contributed by atoms with Gasteiger partial charge in [-0.15, -0.1) is 0 Å². The number of H-pyrrole nitrogens is 1. The number of morpholine rings is 1. The monoisotopic (exact) mass is 422 g/mol. The van der Waals surface area contributed by atoms with Crippen molar-refractivity contribution in [3.8, 4) is 0 Å². The number of aromatic amines is 1. The number of ether oxygens (including phenoxy) is 1. The van der Waals surface area contributed by atoms with Crippen LogP contribution in [0.2, 0.25) is 0 Å². The van der Waals surface area contributed by atoms with E-state index in [1.165, 1.54) is 0 Å². The lowest BCUT2D eigenvalue weighted by Gasteiger charge is -2.33. The molecular formula is C17H23BrN6O2. The Kier molecular flexibility index (Phi) is 5.12. The van der Waals surface area contributed by atoms with E-state index in [9.17, 15) is 4.79 Å². The summed E-state index contributed by atoms with van der Waals surface area (Å²) in [5.41, 5.74) is 8.64. The summed E-state index contributed by atoms with van der Waals surface area (Å²) >= 11 is 3.63. The SMILES string of the molecule is NC1CCCN(c2c(Br)cnc3[nH]cc(NC(=O)C4CNCCO4)c23)C1. The van der Waals surface area contributed by atoms with E-state index in [1.54, 1.807) is 12.4 Å². The Hall–Kier alpha value is -1.68. The molecule has 8 nitrogen and oxygen atoms in total. The Morgan fingerprint density at radius 3 is 3.15 bits per heavy atom. The summed E-state index contributed by atoms with van der Waals surface area (Å²) in [5, 5.41) is 7.07. The van der Waals surface area contributed by atoms with Crippen LogP contribution < -0.4 is 21.3 Å². The first-order chi connectivity index (χ1) is 12.6. The maximum absolute atomic E-state index is 12.6. The van der Waals surface area contributed by atoms with Crippen LogP contribution in [0.15, 0.2) is 16.9 Å². The van der Waals surface area contributed by atoms with Crippen LogP contribution in [-0.2, 0) is 9.53 Å². The van der Waals surface area contributed by atoms with Crippen LogP contribution in [0.1, 0.15) is 12.8 Å². The van der Waals surface area contributed by atoms with Gasteiger partial charge in [0.1, 0.15) is 11.8 Å². The summed E-state index contributed by atoms with van der Waals surface area (Å²) in [6.45, 7) is 3.54. The van der Waals surface area contributed by atoms with Crippen LogP contribution in [0.3, 0.4) is 0 Å². The van der Waals surface area contributed by atoms with Crippen LogP contribution in [0.25, 0.3) is 11.0 Å². The molecule has 4 heterocycles. The second-order valence-corrected chi connectivity index (χ2v) is 7.64. The Morgan fingerprint density at radius 1 is 1.50 bits per heavy atom. The molecule has 0 aromatic carbocycles. The van der Waals surface area contributed by atoms with Gasteiger partial charge in [0.25, 0.3) is 5.91 Å². The second-order valence-electron chi connectivity index (χ2n) is 6.78. The number of hydrogen-bond donors (Lipinski definition) is 4. The van der Waals surface area contributed by atoms with E-state index in [1.807, 2.05) is 0 Å². The predicted octanol–water partition coefficient (Wildman–Crippen LogP) is 1.18. The number of amides is 1. The predicted molar refractivity (Wildman–Crippen MR) is 104 cm³/mol. The molecule has 0 spiro atoms. The van der Waals surface area contributed by atoms with Gasteiger partial charge >= 0.3 is 0 Å². The summed E-state index contributed by atoms with van der Waals surface area (Å²) in [5.74, 6) is -0.153. The zero-order valence-electron chi connectivity index (χ0n) is 14.4. The molecule has 2 aliphatic heterocycles. The number of nitrogens with zero attached hydrogens (tertiary/aromatic N) is 2. The number of anilines is 2. The number of aromatic nitrogens is 2. The third-order valence-corrected chi connectivity index (χ3v) is 5.46. The van der Waals surface area contributed by atoms with Crippen LogP contribution in [-0.4, -0.2) is 60.8 Å². The van der Waals surface area contributed by atoms with Crippen LogP contribution in [0, 0.1) is 0 Å². The van der Waals surface area contributed by atoms with Gasteiger partial charge < -0.3 is 31.0 Å². The van der Waals surface area contributed by atoms with Gasteiger partial charge in [-0.05, 0) is 28.8 Å². The summed E-state index contributed by atoms with van der Waals surface area (Å²) < 4.78 is 6.44. The fourth-order valence-corrected chi connectivity index (χ4v) is 4.17. The summed E-state index contributed by atoms with van der Waals surface area (Å²) in [6.07, 6.45) is 5.16. The number of hydrogen-bond acceptors (Lipinski definition) is 6. The van der Waals surface area contributed by atoms with Gasteiger partial charge in [0.05, 0.1) is 27.8 Å². The number of nitrogens with one attached hydrogen (secondary N) is 3. The van der Waals surface area contributed by atoms with E-state index in [2.05, 4.69) is 41.4 Å². The zero-order chi connectivity index (χ0) is 18.1. The van der Waals surface area contributed by atoms with Crippen molar-refractivity contribution in [2.45, 2.75) is 25.0 Å². The Morgan fingerprint density at radius 2 is 2.38 bits per heavy atom. The number of pyridine rings is 1. The maximum Gasteiger partial charge on any atom is 0.254 e. The summed E-state index contributed by atoms with van der Waals surface area (Å²) in [7, 11) is 0. The lowest BCUT2D eigenvalue weighted by atomic mass is 10.1. The first-order valence-electron chi connectivity index (χ1n) is 8.93. The quantitative estimate of drug-likeness (QED) is 0.591. The van der Waals surface area contributed by atoms with E-state index in [-0.39, 0.29) is 11.9 Å². The van der Waals surface area contributed by atoms with Crippen molar-refractivity contribution in [3.63, 3.8) is 0 Å². The molecular weight excluding hydrogens is 400 g/mol. The molecule has 2 aromatic heterocycles. The molecule has 0 bridgehead atoms. The fraction of sp³-hybridized carbons (Fsp3) is 0.529. The molecule has 2 saturated heterocycles. The molecule has 0 saturated carbocycles. The number of rotatable bonds is 3. The highest BCUT2D eigenvalue weighted by Gasteiger charge is 2.26. The van der Waals surface area contributed by atoms with Crippen LogP contribution in [0.5, 0.6) is 0 Å². The molecule has 1 amide bonds. The molecule has 2 fully saturated rings. The van der Waals surface area contributed by atoms with Crippen molar-refractivity contribution in [3.05, 3.63) is 16.9 Å².